The highest BCUT2D eigenvalue weighted by Gasteiger charge is 2.20. The zero-order valence-electron chi connectivity index (χ0n) is 11.0. The molecule has 7 nitrogen and oxygen atoms in total. The highest BCUT2D eigenvalue weighted by molar-refractivity contribution is 6.01. The monoisotopic (exact) mass is 273 g/mol. The molecule has 0 spiro atoms. The molecule has 1 fully saturated rings. The van der Waals surface area contributed by atoms with Crippen molar-refractivity contribution in [2.45, 2.75) is 5.92 Å². The van der Waals surface area contributed by atoms with Crippen molar-refractivity contribution >= 4 is 29.2 Å². The molecule has 7 heteroatoms. The van der Waals surface area contributed by atoms with Gasteiger partial charge in [0, 0.05) is 31.4 Å². The predicted molar refractivity (Wildman–Crippen MR) is 74.5 cm³/mol. The maximum Gasteiger partial charge on any atom is 0.326 e. The maximum absolute atomic E-state index is 11.4. The first kappa shape index (κ1) is 12.6. The molecule has 3 rings (SSSR count). The molecule has 1 saturated heterocycles. The molecule has 1 aliphatic heterocycles. The number of anilines is 1. The number of nitrogens with zero attached hydrogens (tertiary/aromatic N) is 2. The molecule has 0 aliphatic carbocycles. The Labute approximate surface area is 115 Å². The molecule has 1 aliphatic rings. The highest BCUT2D eigenvalue weighted by Crippen LogP contribution is 2.27. The predicted octanol–water partition coefficient (Wildman–Crippen LogP) is 0.538. The van der Waals surface area contributed by atoms with E-state index in [0.717, 1.165) is 24.0 Å². The summed E-state index contributed by atoms with van der Waals surface area (Å²) in [5.74, 6) is 0.990. The Morgan fingerprint density at radius 1 is 1.50 bits per heavy atom. The fourth-order valence-electron chi connectivity index (χ4n) is 2.34. The van der Waals surface area contributed by atoms with E-state index in [1.54, 1.807) is 4.68 Å². The fourth-order valence-corrected chi connectivity index (χ4v) is 2.34. The zero-order valence-corrected chi connectivity index (χ0v) is 11.0. The van der Waals surface area contributed by atoms with Crippen molar-refractivity contribution in [3.05, 3.63) is 23.8 Å². The molecule has 2 aromatic rings. The molecule has 2 heterocycles. The van der Waals surface area contributed by atoms with Gasteiger partial charge in [0.1, 0.15) is 0 Å². The van der Waals surface area contributed by atoms with Crippen molar-refractivity contribution in [1.82, 2.24) is 20.4 Å². The number of carbonyl (C=O) groups is 2. The molecule has 1 aromatic heterocycles. The second-order valence-electron chi connectivity index (χ2n) is 4.82. The molecule has 3 amide bonds. The summed E-state index contributed by atoms with van der Waals surface area (Å²) in [6.07, 6.45) is 0.335. The number of imide groups is 1. The smallest absolute Gasteiger partial charge is 0.315 e. The maximum atomic E-state index is 11.4. The number of aryl methyl sites for hydroxylation is 1. The molecule has 20 heavy (non-hydrogen) atoms. The SMILES string of the molecule is Cn1nc(NC(=O)NC=O)c2ccc(C3CNC3)cc21. The number of benzene rings is 1. The van der Waals surface area contributed by atoms with Crippen LogP contribution in [0.2, 0.25) is 0 Å². The van der Waals surface area contributed by atoms with Crippen LogP contribution in [0.5, 0.6) is 0 Å². The number of hydrogen-bond acceptors (Lipinski definition) is 4. The van der Waals surface area contributed by atoms with Gasteiger partial charge in [0.15, 0.2) is 5.82 Å². The van der Waals surface area contributed by atoms with Crippen molar-refractivity contribution in [1.29, 1.82) is 0 Å². The summed E-state index contributed by atoms with van der Waals surface area (Å²) < 4.78 is 1.72. The van der Waals surface area contributed by atoms with E-state index >= 15 is 0 Å². The number of rotatable bonds is 3. The zero-order chi connectivity index (χ0) is 14.1. The number of fused-ring (bicyclic) bond motifs is 1. The number of aromatic nitrogens is 2. The van der Waals surface area contributed by atoms with Crippen molar-refractivity contribution in [3.8, 4) is 0 Å². The van der Waals surface area contributed by atoms with Crippen LogP contribution in [0.15, 0.2) is 18.2 Å². The van der Waals surface area contributed by atoms with Gasteiger partial charge >= 0.3 is 6.03 Å². The molecular weight excluding hydrogens is 258 g/mol. The van der Waals surface area contributed by atoms with Gasteiger partial charge in [-0.25, -0.2) is 4.79 Å². The van der Waals surface area contributed by atoms with E-state index in [9.17, 15) is 9.59 Å². The lowest BCUT2D eigenvalue weighted by molar-refractivity contribution is -0.108. The Bertz CT molecular complexity index is 675. The first-order valence-electron chi connectivity index (χ1n) is 6.37. The van der Waals surface area contributed by atoms with Gasteiger partial charge in [-0.1, -0.05) is 6.07 Å². The van der Waals surface area contributed by atoms with Crippen LogP contribution in [-0.4, -0.2) is 35.3 Å². The average molecular weight is 273 g/mol. The van der Waals surface area contributed by atoms with Gasteiger partial charge in [-0.3, -0.25) is 20.1 Å². The molecule has 0 saturated carbocycles. The van der Waals surface area contributed by atoms with Crippen molar-refractivity contribution in [3.63, 3.8) is 0 Å². The highest BCUT2D eigenvalue weighted by atomic mass is 16.2. The lowest BCUT2D eigenvalue weighted by Crippen LogP contribution is -2.39. The van der Waals surface area contributed by atoms with Crippen LogP contribution in [0.25, 0.3) is 10.9 Å². The number of amides is 3. The number of nitrogens with one attached hydrogen (secondary N) is 3. The molecule has 0 atom stereocenters. The topological polar surface area (TPSA) is 88.1 Å². The van der Waals surface area contributed by atoms with Crippen molar-refractivity contribution < 1.29 is 9.59 Å². The van der Waals surface area contributed by atoms with Gasteiger partial charge in [-0.15, -0.1) is 0 Å². The first-order valence-corrected chi connectivity index (χ1v) is 6.37. The second kappa shape index (κ2) is 4.93. The van der Waals surface area contributed by atoms with E-state index in [-0.39, 0.29) is 0 Å². The van der Waals surface area contributed by atoms with E-state index < -0.39 is 6.03 Å². The summed E-state index contributed by atoms with van der Waals surface area (Å²) in [5.41, 5.74) is 2.22. The minimum Gasteiger partial charge on any atom is -0.315 e. The van der Waals surface area contributed by atoms with E-state index in [2.05, 4.69) is 27.9 Å². The summed E-state index contributed by atoms with van der Waals surface area (Å²) in [6, 6.07) is 5.51. The number of hydrogen-bond donors (Lipinski definition) is 3. The Balaban J connectivity index is 1.94. The van der Waals surface area contributed by atoms with Crippen LogP contribution in [-0.2, 0) is 11.8 Å². The molecule has 0 unspecified atom stereocenters. The van der Waals surface area contributed by atoms with Crippen LogP contribution < -0.4 is 16.0 Å². The molecule has 0 bridgehead atoms. The number of carbonyl (C=O) groups excluding carboxylic acids is 2. The Morgan fingerprint density at radius 3 is 2.95 bits per heavy atom. The quantitative estimate of drug-likeness (QED) is 0.712. The number of urea groups is 1. The van der Waals surface area contributed by atoms with E-state index in [4.69, 9.17) is 0 Å². The van der Waals surface area contributed by atoms with Crippen LogP contribution in [0.4, 0.5) is 10.6 Å². The minimum absolute atomic E-state index is 0.335. The van der Waals surface area contributed by atoms with Crippen LogP contribution in [0.3, 0.4) is 0 Å². The summed E-state index contributed by atoms with van der Waals surface area (Å²) in [7, 11) is 1.83. The van der Waals surface area contributed by atoms with Gasteiger partial charge in [0.25, 0.3) is 0 Å². The third kappa shape index (κ3) is 2.12. The van der Waals surface area contributed by atoms with E-state index in [1.807, 2.05) is 18.4 Å². The second-order valence-corrected chi connectivity index (χ2v) is 4.82. The standard InChI is InChI=1S/C13H15N5O2/c1-18-11-4-8(9-5-14-6-9)2-3-10(11)12(17-18)16-13(20)15-7-19/h2-4,7,9,14H,5-6H2,1H3,(H2,15,16,17,19,20). The lowest BCUT2D eigenvalue weighted by Gasteiger charge is -2.27. The molecule has 3 N–H and O–H groups in total. The van der Waals surface area contributed by atoms with Crippen LogP contribution in [0.1, 0.15) is 11.5 Å². The Morgan fingerprint density at radius 2 is 2.30 bits per heavy atom. The Kier molecular flexibility index (Phi) is 3.11. The van der Waals surface area contributed by atoms with Gasteiger partial charge in [0.05, 0.1) is 5.52 Å². The fraction of sp³-hybridized carbons (Fsp3) is 0.308. The third-order valence-corrected chi connectivity index (χ3v) is 3.55. The van der Waals surface area contributed by atoms with Crippen molar-refractivity contribution in [2.75, 3.05) is 18.4 Å². The molecule has 104 valence electrons. The van der Waals surface area contributed by atoms with E-state index in [0.29, 0.717) is 18.1 Å². The van der Waals surface area contributed by atoms with Gasteiger partial charge in [-0.2, -0.15) is 5.10 Å². The first-order chi connectivity index (χ1) is 9.69. The van der Waals surface area contributed by atoms with Crippen LogP contribution in [0, 0.1) is 0 Å². The van der Waals surface area contributed by atoms with Gasteiger partial charge in [0.2, 0.25) is 6.41 Å². The summed E-state index contributed by atoms with van der Waals surface area (Å²) >= 11 is 0. The normalized spacial score (nSPS) is 14.8. The van der Waals surface area contributed by atoms with Crippen molar-refractivity contribution in [2.24, 2.45) is 7.05 Å². The van der Waals surface area contributed by atoms with Gasteiger partial charge < -0.3 is 5.32 Å². The largest absolute Gasteiger partial charge is 0.326 e. The third-order valence-electron chi connectivity index (χ3n) is 3.55. The van der Waals surface area contributed by atoms with E-state index in [1.165, 1.54) is 5.56 Å². The summed E-state index contributed by atoms with van der Waals surface area (Å²) in [5, 5.41) is 13.0. The molecule has 0 radical (unpaired) electrons. The minimum atomic E-state index is -0.590. The summed E-state index contributed by atoms with van der Waals surface area (Å²) in [6.45, 7) is 1.99. The molecule has 1 aromatic carbocycles. The Hall–Kier alpha value is -2.41. The lowest BCUT2D eigenvalue weighted by atomic mass is 9.93. The van der Waals surface area contributed by atoms with Gasteiger partial charge in [-0.05, 0) is 17.7 Å². The van der Waals surface area contributed by atoms with Crippen LogP contribution >= 0.6 is 0 Å². The average Bonchev–Trinajstić information content (AvgIpc) is 2.64. The summed E-state index contributed by atoms with van der Waals surface area (Å²) in [4.78, 5) is 21.6. The molecular formula is C13H15N5O2.